The van der Waals surface area contributed by atoms with Gasteiger partial charge in [0.1, 0.15) is 0 Å². The van der Waals surface area contributed by atoms with Crippen LogP contribution in [0.15, 0.2) is 24.3 Å². The minimum absolute atomic E-state index is 0.430. The summed E-state index contributed by atoms with van der Waals surface area (Å²) in [6.45, 7) is 14.3. The zero-order valence-corrected chi connectivity index (χ0v) is 12.9. The van der Waals surface area contributed by atoms with Gasteiger partial charge in [-0.05, 0) is 23.0 Å². The molecule has 1 aromatic carbocycles. The third kappa shape index (κ3) is 2.91. The van der Waals surface area contributed by atoms with E-state index in [0.717, 1.165) is 5.69 Å². The fourth-order valence-electron chi connectivity index (χ4n) is 2.86. The number of hydrogen-bond acceptors (Lipinski definition) is 1. The average Bonchev–Trinajstić information content (AvgIpc) is 2.52. The molecule has 0 radical (unpaired) electrons. The lowest BCUT2D eigenvalue weighted by Gasteiger charge is -2.35. The molecule has 1 nitrogen and oxygen atoms in total. The molecule has 1 aromatic rings. The number of anilines is 1. The molecule has 0 aromatic heterocycles. The number of benzene rings is 1. The predicted octanol–water partition coefficient (Wildman–Crippen LogP) is 4.06. The zero-order valence-electron chi connectivity index (χ0n) is 12.9. The molecule has 2 N–H and O–H groups in total. The highest BCUT2D eigenvalue weighted by Crippen LogP contribution is 2.52. The Hall–Kier alpha value is -0.915. The van der Waals surface area contributed by atoms with Crippen molar-refractivity contribution in [1.29, 1.82) is 0 Å². The molecule has 2 rings (SSSR count). The Balaban J connectivity index is 0.000000771. The maximum atomic E-state index is 5.73. The Labute approximate surface area is 113 Å². The highest BCUT2D eigenvalue weighted by atomic mass is 14.5. The van der Waals surface area contributed by atoms with E-state index in [-0.39, 0.29) is 0 Å². The standard InChI is InChI=1S/C14H22BN.C2H6/c1-13(2)9-15(10-14(13,3)4)11-5-7-12(16)8-6-11;1-2/h5-8H,9-10,16H2,1-4H3;1-2H3. The number of nitrogen functional groups attached to an aromatic ring is 1. The van der Waals surface area contributed by atoms with Gasteiger partial charge in [0.2, 0.25) is 0 Å². The highest BCUT2D eigenvalue weighted by Gasteiger charge is 2.47. The van der Waals surface area contributed by atoms with Crippen LogP contribution in [-0.4, -0.2) is 6.71 Å². The van der Waals surface area contributed by atoms with Gasteiger partial charge in [-0.2, -0.15) is 0 Å². The van der Waals surface area contributed by atoms with Gasteiger partial charge in [-0.15, -0.1) is 0 Å². The third-order valence-corrected chi connectivity index (χ3v) is 4.75. The van der Waals surface area contributed by atoms with Crippen LogP contribution in [0.4, 0.5) is 5.69 Å². The van der Waals surface area contributed by atoms with Crippen LogP contribution in [0.1, 0.15) is 41.5 Å². The van der Waals surface area contributed by atoms with Crippen molar-refractivity contribution in [2.24, 2.45) is 10.8 Å². The lowest BCUT2D eigenvalue weighted by molar-refractivity contribution is 0.177. The van der Waals surface area contributed by atoms with E-state index in [2.05, 4.69) is 39.8 Å². The van der Waals surface area contributed by atoms with E-state index in [1.54, 1.807) is 0 Å². The van der Waals surface area contributed by atoms with Gasteiger partial charge in [0, 0.05) is 5.69 Å². The van der Waals surface area contributed by atoms with Crippen molar-refractivity contribution in [1.82, 2.24) is 0 Å². The molecule has 1 heterocycles. The first-order chi connectivity index (χ1) is 8.32. The normalized spacial score (nSPS) is 20.2. The number of rotatable bonds is 1. The van der Waals surface area contributed by atoms with Crippen LogP contribution >= 0.6 is 0 Å². The molecule has 2 heteroatoms. The summed E-state index contributed by atoms with van der Waals surface area (Å²) in [6, 6.07) is 8.43. The molecule has 18 heavy (non-hydrogen) atoms. The first kappa shape index (κ1) is 15.1. The van der Waals surface area contributed by atoms with Crippen molar-refractivity contribution in [3.63, 3.8) is 0 Å². The zero-order chi connectivity index (χ0) is 14.0. The van der Waals surface area contributed by atoms with Crippen LogP contribution in [0.5, 0.6) is 0 Å². The van der Waals surface area contributed by atoms with Gasteiger partial charge in [0.15, 0.2) is 6.71 Å². The molecule has 0 aliphatic carbocycles. The van der Waals surface area contributed by atoms with Crippen LogP contribution in [0.2, 0.25) is 12.6 Å². The molecule has 0 atom stereocenters. The summed E-state index contributed by atoms with van der Waals surface area (Å²) < 4.78 is 0. The molecule has 0 bridgehead atoms. The Morgan fingerprint density at radius 2 is 1.28 bits per heavy atom. The van der Waals surface area contributed by atoms with Crippen molar-refractivity contribution >= 4 is 17.9 Å². The van der Waals surface area contributed by atoms with Crippen molar-refractivity contribution in [2.45, 2.75) is 54.2 Å². The second-order valence-corrected chi connectivity index (χ2v) is 6.54. The summed E-state index contributed by atoms with van der Waals surface area (Å²) >= 11 is 0. The molecule has 1 aliphatic heterocycles. The summed E-state index contributed by atoms with van der Waals surface area (Å²) in [6.07, 6.45) is 2.56. The van der Waals surface area contributed by atoms with E-state index >= 15 is 0 Å². The monoisotopic (exact) mass is 245 g/mol. The predicted molar refractivity (Wildman–Crippen MR) is 84.8 cm³/mol. The SMILES string of the molecule is CC.CC1(C)CB(c2ccc(N)cc2)CC1(C)C. The van der Waals surface area contributed by atoms with Crippen molar-refractivity contribution in [2.75, 3.05) is 5.73 Å². The summed E-state index contributed by atoms with van der Waals surface area (Å²) in [4.78, 5) is 0. The third-order valence-electron chi connectivity index (χ3n) is 4.75. The van der Waals surface area contributed by atoms with Crippen LogP contribution in [0.25, 0.3) is 0 Å². The molecule has 0 spiro atoms. The van der Waals surface area contributed by atoms with Gasteiger partial charge < -0.3 is 5.73 Å². The van der Waals surface area contributed by atoms with Crippen LogP contribution in [0.3, 0.4) is 0 Å². The van der Waals surface area contributed by atoms with Crippen molar-refractivity contribution in [3.05, 3.63) is 24.3 Å². The Bertz CT molecular complexity index is 363. The van der Waals surface area contributed by atoms with E-state index < -0.39 is 0 Å². The summed E-state index contributed by atoms with van der Waals surface area (Å²) in [5.41, 5.74) is 8.90. The number of nitrogens with two attached hydrogens (primary N) is 1. The first-order valence-corrected chi connectivity index (χ1v) is 7.17. The molecule has 1 fully saturated rings. The summed E-state index contributed by atoms with van der Waals surface area (Å²) in [5, 5.41) is 0. The Morgan fingerprint density at radius 3 is 1.67 bits per heavy atom. The summed E-state index contributed by atoms with van der Waals surface area (Å²) in [7, 11) is 0. The lowest BCUT2D eigenvalue weighted by Crippen LogP contribution is -2.27. The van der Waals surface area contributed by atoms with Gasteiger partial charge in [-0.25, -0.2) is 0 Å². The van der Waals surface area contributed by atoms with E-state index in [4.69, 9.17) is 5.73 Å². The topological polar surface area (TPSA) is 26.0 Å². The van der Waals surface area contributed by atoms with Gasteiger partial charge in [-0.3, -0.25) is 0 Å². The fourth-order valence-corrected chi connectivity index (χ4v) is 2.86. The van der Waals surface area contributed by atoms with Crippen molar-refractivity contribution < 1.29 is 0 Å². The van der Waals surface area contributed by atoms with E-state index in [0.29, 0.717) is 17.5 Å². The number of hydrogen-bond donors (Lipinski definition) is 1. The van der Waals surface area contributed by atoms with Crippen LogP contribution in [-0.2, 0) is 0 Å². The molecule has 1 saturated heterocycles. The Kier molecular flexibility index (Phi) is 4.53. The lowest BCUT2D eigenvalue weighted by atomic mass is 9.42. The molecule has 100 valence electrons. The van der Waals surface area contributed by atoms with Crippen LogP contribution in [0, 0.1) is 10.8 Å². The second kappa shape index (κ2) is 5.38. The first-order valence-electron chi connectivity index (χ1n) is 7.17. The molecule has 0 unspecified atom stereocenters. The van der Waals surface area contributed by atoms with Gasteiger partial charge in [0.05, 0.1) is 0 Å². The average molecular weight is 245 g/mol. The maximum absolute atomic E-state index is 5.73. The largest absolute Gasteiger partial charge is 0.399 e. The Morgan fingerprint density at radius 1 is 0.889 bits per heavy atom. The smallest absolute Gasteiger partial charge is 0.176 e. The molecule has 1 aliphatic rings. The minimum Gasteiger partial charge on any atom is -0.399 e. The second-order valence-electron chi connectivity index (χ2n) is 6.54. The maximum Gasteiger partial charge on any atom is 0.176 e. The van der Waals surface area contributed by atoms with Crippen LogP contribution < -0.4 is 11.2 Å². The van der Waals surface area contributed by atoms with Gasteiger partial charge in [0.25, 0.3) is 0 Å². The molecular formula is C16H28BN. The molecule has 0 amide bonds. The van der Waals surface area contributed by atoms with E-state index in [1.807, 2.05) is 26.0 Å². The fraction of sp³-hybridized carbons (Fsp3) is 0.625. The van der Waals surface area contributed by atoms with Gasteiger partial charge >= 0.3 is 0 Å². The quantitative estimate of drug-likeness (QED) is 0.586. The van der Waals surface area contributed by atoms with Gasteiger partial charge in [-0.1, -0.05) is 71.8 Å². The highest BCUT2D eigenvalue weighted by molar-refractivity contribution is 6.74. The minimum atomic E-state index is 0.430. The molecular weight excluding hydrogens is 217 g/mol. The molecule has 0 saturated carbocycles. The van der Waals surface area contributed by atoms with Crippen molar-refractivity contribution in [3.8, 4) is 0 Å². The van der Waals surface area contributed by atoms with E-state index in [9.17, 15) is 0 Å². The van der Waals surface area contributed by atoms with E-state index in [1.165, 1.54) is 18.1 Å². The summed E-state index contributed by atoms with van der Waals surface area (Å²) in [5.74, 6) is 0.